The van der Waals surface area contributed by atoms with E-state index in [1.165, 1.54) is 27.8 Å². The van der Waals surface area contributed by atoms with Gasteiger partial charge in [0.25, 0.3) is 0 Å². The van der Waals surface area contributed by atoms with E-state index in [2.05, 4.69) is 112 Å². The van der Waals surface area contributed by atoms with E-state index in [9.17, 15) is 0 Å². The zero-order valence-corrected chi connectivity index (χ0v) is 34.9. The Kier molecular flexibility index (Phi) is 9.89. The molecule has 284 valence electrons. The van der Waals surface area contributed by atoms with Gasteiger partial charge >= 0.3 is 0 Å². The van der Waals surface area contributed by atoms with Crippen LogP contribution in [0.3, 0.4) is 0 Å². The Morgan fingerprint density at radius 2 is 0.621 bits per heavy atom. The lowest BCUT2D eigenvalue weighted by atomic mass is 9.67. The summed E-state index contributed by atoms with van der Waals surface area (Å²) in [6.07, 6.45) is 0. The molecule has 58 heavy (non-hydrogen) atoms. The van der Waals surface area contributed by atoms with Crippen LogP contribution in [0.4, 0.5) is 0 Å². The van der Waals surface area contributed by atoms with Crippen LogP contribution in [0.1, 0.15) is 71.6 Å². The first-order valence-corrected chi connectivity index (χ1v) is 23.5. The largest absolute Gasteiger partial charge is 0.309 e. The van der Waals surface area contributed by atoms with Crippen molar-refractivity contribution in [2.45, 2.75) is 38.0 Å². The van der Waals surface area contributed by atoms with Crippen LogP contribution in [0.25, 0.3) is 0 Å². The van der Waals surface area contributed by atoms with Crippen molar-refractivity contribution in [2.24, 2.45) is 0 Å². The molecule has 0 aliphatic heterocycles. The normalized spacial score (nSPS) is 15.3. The van der Waals surface area contributed by atoms with Gasteiger partial charge in [0.05, 0.1) is 0 Å². The highest BCUT2D eigenvalue weighted by atomic mass is 31.2. The third kappa shape index (κ3) is 6.56. The zero-order valence-electron chi connectivity index (χ0n) is 33.1. The van der Waals surface area contributed by atoms with Crippen LogP contribution >= 0.6 is 14.3 Å². The molecule has 2 atom stereocenters. The molecule has 8 aromatic rings. The highest BCUT2D eigenvalue weighted by Gasteiger charge is 2.37. The van der Waals surface area contributed by atoms with Gasteiger partial charge in [-0.05, 0) is 44.4 Å². The molecule has 0 aromatic heterocycles. The summed E-state index contributed by atoms with van der Waals surface area (Å²) in [5, 5.41) is 4.96. The lowest BCUT2D eigenvalue weighted by molar-refractivity contribution is 0.587. The minimum absolute atomic E-state index is 0.0194. The van der Waals surface area contributed by atoms with Crippen LogP contribution in [-0.2, 0) is 14.5 Å². The predicted octanol–water partition coefficient (Wildman–Crippen LogP) is 10.9. The summed E-state index contributed by atoms with van der Waals surface area (Å²) in [7, 11) is -6.24. The van der Waals surface area contributed by atoms with E-state index >= 15 is 9.13 Å². The van der Waals surface area contributed by atoms with Crippen molar-refractivity contribution in [3.05, 3.63) is 251 Å². The summed E-state index contributed by atoms with van der Waals surface area (Å²) < 4.78 is 30.6. The summed E-state index contributed by atoms with van der Waals surface area (Å²) in [6.45, 7) is 6.82. The molecule has 2 nitrogen and oxygen atoms in total. The van der Waals surface area contributed by atoms with Crippen molar-refractivity contribution in [3.63, 3.8) is 0 Å². The van der Waals surface area contributed by atoms with Gasteiger partial charge in [-0.1, -0.05) is 233 Å². The van der Waals surface area contributed by atoms with Gasteiger partial charge in [0, 0.05) is 43.7 Å². The maximum absolute atomic E-state index is 15.3. The molecule has 2 unspecified atom stereocenters. The van der Waals surface area contributed by atoms with Crippen LogP contribution in [0.5, 0.6) is 0 Å². The molecule has 0 radical (unpaired) electrons. The van der Waals surface area contributed by atoms with Crippen LogP contribution in [0.15, 0.2) is 212 Å². The summed E-state index contributed by atoms with van der Waals surface area (Å²) in [6, 6.07) is 72.5. The highest BCUT2D eigenvalue weighted by molar-refractivity contribution is 7.85. The van der Waals surface area contributed by atoms with Gasteiger partial charge in [0.2, 0.25) is 0 Å². The Balaban J connectivity index is 1.17. The van der Waals surface area contributed by atoms with E-state index in [4.69, 9.17) is 0 Å². The fourth-order valence-electron chi connectivity index (χ4n) is 8.84. The fraction of sp³-hybridized carbons (Fsp3) is 0.111. The topological polar surface area (TPSA) is 34.1 Å². The van der Waals surface area contributed by atoms with E-state index in [-0.39, 0.29) is 17.3 Å². The third-order valence-corrected chi connectivity index (χ3v) is 18.0. The molecule has 0 N–H and O–H groups in total. The molecule has 0 bridgehead atoms. The second kappa shape index (κ2) is 15.2. The van der Waals surface area contributed by atoms with Crippen LogP contribution in [0, 0.1) is 0 Å². The molecule has 0 saturated heterocycles. The Hall–Kier alpha value is -5.78. The van der Waals surface area contributed by atoms with Gasteiger partial charge in [-0.2, -0.15) is 0 Å². The minimum atomic E-state index is -3.12. The summed E-state index contributed by atoms with van der Waals surface area (Å²) in [4.78, 5) is 0. The van der Waals surface area contributed by atoms with Gasteiger partial charge in [-0.15, -0.1) is 0 Å². The molecule has 9 rings (SSSR count). The summed E-state index contributed by atoms with van der Waals surface area (Å²) >= 11 is 0. The van der Waals surface area contributed by atoms with Crippen LogP contribution < -0.4 is 31.8 Å². The van der Waals surface area contributed by atoms with Crippen molar-refractivity contribution in [3.8, 4) is 0 Å². The molecular weight excluding hydrogens is 743 g/mol. The quantitative estimate of drug-likeness (QED) is 0.144. The van der Waals surface area contributed by atoms with Crippen molar-refractivity contribution < 1.29 is 9.13 Å². The summed E-state index contributed by atoms with van der Waals surface area (Å²) in [5.74, 6) is -0.0451. The molecule has 0 spiro atoms. The molecule has 0 saturated carbocycles. The first kappa shape index (κ1) is 37.8. The van der Waals surface area contributed by atoms with Crippen molar-refractivity contribution >= 4 is 46.1 Å². The second-order valence-electron chi connectivity index (χ2n) is 16.3. The lowest BCUT2D eigenvalue weighted by Gasteiger charge is -2.36. The number of rotatable bonds is 8. The third-order valence-electron chi connectivity index (χ3n) is 11.9. The smallest absolute Gasteiger partial charge is 0.171 e. The zero-order chi connectivity index (χ0) is 39.9. The molecule has 4 heteroatoms. The molecule has 0 amide bonds. The molecule has 0 heterocycles. The van der Waals surface area contributed by atoms with E-state index in [0.717, 1.165) is 43.0 Å². The first-order valence-electron chi connectivity index (χ1n) is 20.0. The standard InChI is InChI=1S/C54H46O2P2/c1-54(2,3)41-32-37-50-51(38-41)53(40-30-35-47(36-31-40)58(56,44-22-12-6-13-23-44)45-24-14-7-15-25-45)49-27-17-16-26-48(49)52(50)39-28-33-46(34-29-39)57(55,42-18-8-4-9-19-42)43-20-10-5-11-21-43/h4-38,52-53H,1-3H3. The molecule has 0 fully saturated rings. The van der Waals surface area contributed by atoms with E-state index in [0.29, 0.717) is 0 Å². The SMILES string of the molecule is CC(C)(C)c1ccc2c(c1)C(c1ccc(P(=O)(c3ccccc3)c3ccccc3)cc1)c1ccccc1C2c1ccc(P(=O)(c2ccccc2)c2ccccc2)cc1. The van der Waals surface area contributed by atoms with E-state index < -0.39 is 14.3 Å². The Morgan fingerprint density at radius 3 is 0.966 bits per heavy atom. The van der Waals surface area contributed by atoms with E-state index in [1.807, 2.05) is 121 Å². The number of hydrogen-bond donors (Lipinski definition) is 0. The minimum Gasteiger partial charge on any atom is -0.309 e. The van der Waals surface area contributed by atoms with Gasteiger partial charge in [-0.25, -0.2) is 0 Å². The first-order chi connectivity index (χ1) is 28.2. The predicted molar refractivity (Wildman–Crippen MR) is 245 cm³/mol. The van der Waals surface area contributed by atoms with Crippen LogP contribution in [0.2, 0.25) is 0 Å². The van der Waals surface area contributed by atoms with Gasteiger partial charge in [-0.3, -0.25) is 0 Å². The van der Waals surface area contributed by atoms with Crippen molar-refractivity contribution in [1.29, 1.82) is 0 Å². The maximum Gasteiger partial charge on any atom is 0.171 e. The Labute approximate surface area is 343 Å². The molecule has 8 aromatic carbocycles. The number of hydrogen-bond acceptors (Lipinski definition) is 2. The number of benzene rings is 8. The second-order valence-corrected chi connectivity index (χ2v) is 21.9. The summed E-state index contributed by atoms with van der Waals surface area (Å²) in [5.41, 5.74) is 8.62. The maximum atomic E-state index is 15.3. The Bertz CT molecular complexity index is 2700. The van der Waals surface area contributed by atoms with Gasteiger partial charge in [0.1, 0.15) is 0 Å². The van der Waals surface area contributed by atoms with Gasteiger partial charge < -0.3 is 9.13 Å². The molecular formula is C54H46O2P2. The molecule has 1 aliphatic rings. The highest BCUT2D eigenvalue weighted by Crippen LogP contribution is 2.51. The van der Waals surface area contributed by atoms with Crippen molar-refractivity contribution in [1.82, 2.24) is 0 Å². The Morgan fingerprint density at radius 1 is 0.328 bits per heavy atom. The fourth-order valence-corrected chi connectivity index (χ4v) is 14.1. The monoisotopic (exact) mass is 788 g/mol. The van der Waals surface area contributed by atoms with Crippen LogP contribution in [-0.4, -0.2) is 0 Å². The average molecular weight is 789 g/mol. The molecule has 1 aliphatic carbocycles. The average Bonchev–Trinajstić information content (AvgIpc) is 3.28. The van der Waals surface area contributed by atoms with Gasteiger partial charge in [0.15, 0.2) is 14.3 Å². The lowest BCUT2D eigenvalue weighted by Crippen LogP contribution is -2.26. The number of fused-ring (bicyclic) bond motifs is 2. The van der Waals surface area contributed by atoms with Crippen molar-refractivity contribution in [2.75, 3.05) is 0 Å². The van der Waals surface area contributed by atoms with E-state index in [1.54, 1.807) is 0 Å².